The molecule has 8 nitrogen and oxygen atoms in total. The molecule has 0 amide bonds. The van der Waals surface area contributed by atoms with Gasteiger partial charge in [0.1, 0.15) is 36.3 Å². The van der Waals surface area contributed by atoms with Gasteiger partial charge in [-0.25, -0.2) is 0 Å². The quantitative estimate of drug-likeness (QED) is 0.0658. The Kier molecular flexibility index (Phi) is 14.0. The van der Waals surface area contributed by atoms with E-state index in [1.165, 1.54) is 7.11 Å². The first-order valence-corrected chi connectivity index (χ1v) is 17.6. The summed E-state index contributed by atoms with van der Waals surface area (Å²) in [5.74, 6) is 0.394. The number of rotatable bonds is 18. The second kappa shape index (κ2) is 19.5. The lowest BCUT2D eigenvalue weighted by Gasteiger charge is -2.46. The maximum Gasteiger partial charge on any atom is 0.188 e. The molecule has 52 heavy (non-hydrogen) atoms. The van der Waals surface area contributed by atoms with Gasteiger partial charge in [0, 0.05) is 18.2 Å². The van der Waals surface area contributed by atoms with Crippen LogP contribution in [0, 0.1) is 0 Å². The number of halogens is 1. The third kappa shape index (κ3) is 10.1. The average Bonchev–Trinajstić information content (AvgIpc) is 3.19. The van der Waals surface area contributed by atoms with Crippen molar-refractivity contribution in [3.05, 3.63) is 172 Å². The van der Waals surface area contributed by atoms with E-state index in [1.807, 2.05) is 121 Å². The lowest BCUT2D eigenvalue weighted by atomic mass is 9.89. The number of hydrogen-bond donors (Lipinski definition) is 0. The lowest BCUT2D eigenvalue weighted by molar-refractivity contribution is -0.275. The van der Waals surface area contributed by atoms with Crippen LogP contribution in [0.25, 0.3) is 0 Å². The average molecular weight is 723 g/mol. The van der Waals surface area contributed by atoms with Gasteiger partial charge in [-0.15, -0.1) is 0 Å². The predicted octanol–water partition coefficient (Wildman–Crippen LogP) is 8.55. The van der Waals surface area contributed by atoms with Gasteiger partial charge in [0.15, 0.2) is 13.1 Å². The molecule has 1 aliphatic heterocycles. The van der Waals surface area contributed by atoms with Crippen LogP contribution in [0.5, 0.6) is 5.75 Å². The molecule has 0 bridgehead atoms. The Morgan fingerprint density at radius 1 is 0.635 bits per heavy atom. The van der Waals surface area contributed by atoms with E-state index < -0.39 is 30.5 Å². The van der Waals surface area contributed by atoms with Crippen molar-refractivity contribution < 1.29 is 38.0 Å². The third-order valence-electron chi connectivity index (χ3n) is 8.78. The number of aldehydes is 1. The second-order valence-electron chi connectivity index (χ2n) is 12.5. The molecular weight excluding hydrogens is 680 g/mol. The van der Waals surface area contributed by atoms with Crippen molar-refractivity contribution in [2.24, 2.45) is 0 Å². The molecule has 0 saturated carbocycles. The third-order valence-corrected chi connectivity index (χ3v) is 9.11. The maximum absolute atomic E-state index is 12.2. The minimum atomic E-state index is -0.797. The normalized spacial score (nSPS) is 20.0. The van der Waals surface area contributed by atoms with Crippen LogP contribution in [-0.2, 0) is 54.8 Å². The van der Waals surface area contributed by atoms with Crippen molar-refractivity contribution >= 4 is 17.9 Å². The number of ether oxygens (including phenoxy) is 7. The van der Waals surface area contributed by atoms with E-state index in [1.54, 1.807) is 12.1 Å². The Bertz CT molecular complexity index is 1790. The molecule has 5 aromatic carbocycles. The highest BCUT2D eigenvalue weighted by molar-refractivity contribution is 6.33. The Balaban J connectivity index is 1.42. The SMILES string of the molecule is COCOc1cc(Cl)c(C=O)cc1[C@@H]1O[C@H](COCc2ccccc2)[C@@H](OCc2ccccc2)[C@H](OCc2ccccc2)[C@H]1OCc1ccccc1. The molecule has 9 heteroatoms. The van der Waals surface area contributed by atoms with Gasteiger partial charge in [0.05, 0.1) is 38.1 Å². The van der Waals surface area contributed by atoms with E-state index in [0.29, 0.717) is 37.4 Å². The van der Waals surface area contributed by atoms with Crippen molar-refractivity contribution in [3.63, 3.8) is 0 Å². The fraction of sp³-hybridized carbons (Fsp3) is 0.279. The smallest absolute Gasteiger partial charge is 0.188 e. The molecule has 0 radical (unpaired) electrons. The van der Waals surface area contributed by atoms with Gasteiger partial charge in [-0.05, 0) is 34.4 Å². The first-order valence-electron chi connectivity index (χ1n) is 17.3. The topological polar surface area (TPSA) is 81.7 Å². The van der Waals surface area contributed by atoms with Crippen molar-refractivity contribution in [1.29, 1.82) is 0 Å². The molecule has 0 unspecified atom stereocenters. The van der Waals surface area contributed by atoms with Crippen molar-refractivity contribution in [2.75, 3.05) is 20.5 Å². The monoisotopic (exact) mass is 722 g/mol. The summed E-state index contributed by atoms with van der Waals surface area (Å²) >= 11 is 6.53. The fourth-order valence-electron chi connectivity index (χ4n) is 6.19. The van der Waals surface area contributed by atoms with Crippen LogP contribution >= 0.6 is 11.6 Å². The number of methoxy groups -OCH3 is 1. The highest BCUT2D eigenvalue weighted by Crippen LogP contribution is 2.43. The van der Waals surface area contributed by atoms with Gasteiger partial charge < -0.3 is 33.2 Å². The number of benzene rings is 5. The zero-order valence-electron chi connectivity index (χ0n) is 29.1. The van der Waals surface area contributed by atoms with Gasteiger partial charge in [-0.3, -0.25) is 4.79 Å². The van der Waals surface area contributed by atoms with Crippen molar-refractivity contribution in [1.82, 2.24) is 0 Å². The molecule has 1 heterocycles. The van der Waals surface area contributed by atoms with Gasteiger partial charge in [0.25, 0.3) is 0 Å². The summed E-state index contributed by atoms with van der Waals surface area (Å²) in [5.41, 5.74) is 4.84. The molecule has 0 aliphatic carbocycles. The molecule has 270 valence electrons. The lowest BCUT2D eigenvalue weighted by Crippen LogP contribution is -2.58. The zero-order chi connectivity index (χ0) is 36.0. The first kappa shape index (κ1) is 37.4. The standard InChI is InChI=1S/C43H43ClO8/c1-46-30-51-38-23-37(44)35(24-45)22-36(38)40-42(49-27-33-18-10-4-11-19-33)43(50-28-34-20-12-5-13-21-34)41(48-26-32-16-8-3-9-17-32)39(52-40)29-47-25-31-14-6-2-7-15-31/h2-24,39-43H,25-30H2,1H3/t39-,40+,41-,42+,43+/m1/s1. The summed E-state index contributed by atoms with van der Waals surface area (Å²) < 4.78 is 45.1. The van der Waals surface area contributed by atoms with E-state index in [2.05, 4.69) is 0 Å². The van der Waals surface area contributed by atoms with Crippen LogP contribution in [0.1, 0.15) is 44.3 Å². The number of carbonyl (C=O) groups excluding carboxylic acids is 1. The van der Waals surface area contributed by atoms with Gasteiger partial charge in [-0.1, -0.05) is 133 Å². The molecule has 0 N–H and O–H groups in total. The Labute approximate surface area is 310 Å². The number of carbonyl (C=O) groups is 1. The number of hydrogen-bond acceptors (Lipinski definition) is 8. The minimum Gasteiger partial charge on any atom is -0.467 e. The molecule has 1 fully saturated rings. The second-order valence-corrected chi connectivity index (χ2v) is 12.9. The molecule has 5 aromatic rings. The van der Waals surface area contributed by atoms with E-state index in [-0.39, 0.29) is 30.6 Å². The molecule has 0 spiro atoms. The van der Waals surface area contributed by atoms with Crippen LogP contribution in [0.2, 0.25) is 5.02 Å². The van der Waals surface area contributed by atoms with Crippen LogP contribution in [0.15, 0.2) is 133 Å². The molecule has 6 rings (SSSR count). The molecular formula is C43H43ClO8. The molecule has 1 aliphatic rings. The van der Waals surface area contributed by atoms with Gasteiger partial charge >= 0.3 is 0 Å². The summed E-state index contributed by atoms with van der Waals surface area (Å²) in [6.45, 7) is 1.37. The van der Waals surface area contributed by atoms with E-state index in [4.69, 9.17) is 44.8 Å². The van der Waals surface area contributed by atoms with Crippen LogP contribution in [0.3, 0.4) is 0 Å². The summed E-state index contributed by atoms with van der Waals surface area (Å²) in [5, 5.41) is 0.242. The van der Waals surface area contributed by atoms with Gasteiger partial charge in [0.2, 0.25) is 0 Å². The van der Waals surface area contributed by atoms with Gasteiger partial charge in [-0.2, -0.15) is 0 Å². The zero-order valence-corrected chi connectivity index (χ0v) is 29.8. The van der Waals surface area contributed by atoms with Crippen molar-refractivity contribution in [2.45, 2.75) is 56.9 Å². The molecule has 5 atom stereocenters. The highest BCUT2D eigenvalue weighted by Gasteiger charge is 2.50. The van der Waals surface area contributed by atoms with Crippen LogP contribution in [0.4, 0.5) is 0 Å². The van der Waals surface area contributed by atoms with Crippen LogP contribution in [-0.4, -0.2) is 51.2 Å². The summed E-state index contributed by atoms with van der Waals surface area (Å²) in [7, 11) is 1.53. The molecule has 0 aromatic heterocycles. The van der Waals surface area contributed by atoms with E-state index >= 15 is 0 Å². The van der Waals surface area contributed by atoms with E-state index in [0.717, 1.165) is 22.3 Å². The highest BCUT2D eigenvalue weighted by atomic mass is 35.5. The first-order chi connectivity index (χ1) is 25.6. The Hall–Kier alpha value is -4.38. The van der Waals surface area contributed by atoms with Crippen molar-refractivity contribution in [3.8, 4) is 5.75 Å². The Morgan fingerprint density at radius 3 is 1.62 bits per heavy atom. The minimum absolute atomic E-state index is 0.0492. The Morgan fingerprint density at radius 2 is 1.12 bits per heavy atom. The molecule has 1 saturated heterocycles. The maximum atomic E-state index is 12.2. The predicted molar refractivity (Wildman–Crippen MR) is 198 cm³/mol. The summed E-state index contributed by atoms with van der Waals surface area (Å²) in [6.07, 6.45) is -2.74. The summed E-state index contributed by atoms with van der Waals surface area (Å²) in [6, 6.07) is 43.1. The van der Waals surface area contributed by atoms with Crippen LogP contribution < -0.4 is 4.74 Å². The summed E-state index contributed by atoms with van der Waals surface area (Å²) in [4.78, 5) is 12.2. The largest absolute Gasteiger partial charge is 0.467 e. The van der Waals surface area contributed by atoms with E-state index in [9.17, 15) is 4.79 Å². The fourth-order valence-corrected chi connectivity index (χ4v) is 6.39.